The van der Waals surface area contributed by atoms with Gasteiger partial charge in [-0.1, -0.05) is 54.6 Å². The van der Waals surface area contributed by atoms with Crippen LogP contribution < -0.4 is 0 Å². The average Bonchev–Trinajstić information content (AvgIpc) is 2.78. The highest BCUT2D eigenvalue weighted by Gasteiger charge is 2.10. The van der Waals surface area contributed by atoms with Crippen LogP contribution in [-0.4, -0.2) is 9.55 Å². The maximum atomic E-state index is 4.78. The largest absolute Gasteiger partial charge is 0.324 e. The molecule has 1 aromatic heterocycles. The molecule has 0 bridgehead atoms. The van der Waals surface area contributed by atoms with E-state index in [4.69, 9.17) is 4.98 Å². The van der Waals surface area contributed by atoms with E-state index >= 15 is 0 Å². The summed E-state index contributed by atoms with van der Waals surface area (Å²) in [5.41, 5.74) is 4.66. The van der Waals surface area contributed by atoms with Crippen LogP contribution in [0.2, 0.25) is 0 Å². The van der Waals surface area contributed by atoms with Gasteiger partial charge in [0.25, 0.3) is 0 Å². The predicted molar refractivity (Wildman–Crippen MR) is 83.8 cm³/mol. The third-order valence-electron chi connectivity index (χ3n) is 3.37. The van der Waals surface area contributed by atoms with Crippen molar-refractivity contribution >= 4 is 11.0 Å². The standard InChI is InChI=1S/C18H18N2/c1-14(2)13-20-17-11-7-6-10-16(17)19-18(20)12-15-8-4-3-5-9-15/h3-11H,1,12-13H2,2H3. The summed E-state index contributed by atoms with van der Waals surface area (Å²) in [6.07, 6.45) is 0.850. The number of fused-ring (bicyclic) bond motifs is 1. The van der Waals surface area contributed by atoms with Crippen molar-refractivity contribution in [1.82, 2.24) is 9.55 Å². The molecule has 100 valence electrons. The van der Waals surface area contributed by atoms with E-state index in [9.17, 15) is 0 Å². The lowest BCUT2D eigenvalue weighted by Crippen LogP contribution is -2.05. The van der Waals surface area contributed by atoms with Crippen LogP contribution in [0.1, 0.15) is 18.3 Å². The molecule has 3 aromatic rings. The normalized spacial score (nSPS) is 10.8. The van der Waals surface area contributed by atoms with E-state index in [-0.39, 0.29) is 0 Å². The Morgan fingerprint density at radius 3 is 2.50 bits per heavy atom. The maximum absolute atomic E-state index is 4.78. The summed E-state index contributed by atoms with van der Waals surface area (Å²) in [6, 6.07) is 18.8. The number of aromatic nitrogens is 2. The minimum atomic E-state index is 0.822. The number of hydrogen-bond acceptors (Lipinski definition) is 1. The third kappa shape index (κ3) is 2.50. The fourth-order valence-electron chi connectivity index (χ4n) is 2.49. The van der Waals surface area contributed by atoms with Crippen LogP contribution in [-0.2, 0) is 13.0 Å². The number of imidazole rings is 1. The first-order valence-electron chi connectivity index (χ1n) is 6.86. The highest BCUT2D eigenvalue weighted by atomic mass is 15.1. The molecule has 0 radical (unpaired) electrons. The molecule has 1 heterocycles. The van der Waals surface area contributed by atoms with Crippen LogP contribution >= 0.6 is 0 Å². The molecule has 0 amide bonds. The first-order chi connectivity index (χ1) is 9.74. The van der Waals surface area contributed by atoms with E-state index in [2.05, 4.69) is 60.5 Å². The van der Waals surface area contributed by atoms with Gasteiger partial charge < -0.3 is 4.57 Å². The Kier molecular flexibility index (Phi) is 3.38. The smallest absolute Gasteiger partial charge is 0.114 e. The highest BCUT2D eigenvalue weighted by Crippen LogP contribution is 2.19. The molecule has 3 rings (SSSR count). The van der Waals surface area contributed by atoms with E-state index in [0.29, 0.717) is 0 Å². The van der Waals surface area contributed by atoms with Gasteiger partial charge in [-0.05, 0) is 24.6 Å². The average molecular weight is 262 g/mol. The monoisotopic (exact) mass is 262 g/mol. The van der Waals surface area contributed by atoms with Gasteiger partial charge in [0.2, 0.25) is 0 Å². The summed E-state index contributed by atoms with van der Waals surface area (Å²) in [6.45, 7) is 6.92. The van der Waals surface area contributed by atoms with Gasteiger partial charge in [-0.2, -0.15) is 0 Å². The molecule has 0 saturated heterocycles. The first-order valence-corrected chi connectivity index (χ1v) is 6.86. The number of para-hydroxylation sites is 2. The third-order valence-corrected chi connectivity index (χ3v) is 3.37. The lowest BCUT2D eigenvalue weighted by atomic mass is 10.1. The molecule has 0 unspecified atom stereocenters. The second-order valence-corrected chi connectivity index (χ2v) is 5.22. The SMILES string of the molecule is C=C(C)Cn1c(Cc2ccccc2)nc2ccccc21. The van der Waals surface area contributed by atoms with Crippen LogP contribution in [0.25, 0.3) is 11.0 Å². The summed E-state index contributed by atoms with van der Waals surface area (Å²) in [5.74, 6) is 1.10. The van der Waals surface area contributed by atoms with Crippen LogP contribution in [0.4, 0.5) is 0 Å². The number of allylic oxidation sites excluding steroid dienone is 1. The van der Waals surface area contributed by atoms with E-state index in [0.717, 1.165) is 29.9 Å². The van der Waals surface area contributed by atoms with Gasteiger partial charge in [0.1, 0.15) is 5.82 Å². The summed E-state index contributed by atoms with van der Waals surface area (Å²) >= 11 is 0. The van der Waals surface area contributed by atoms with Crippen molar-refractivity contribution in [2.24, 2.45) is 0 Å². The van der Waals surface area contributed by atoms with Crippen LogP contribution in [0.5, 0.6) is 0 Å². The molecule has 0 atom stereocenters. The van der Waals surface area contributed by atoms with Crippen molar-refractivity contribution in [1.29, 1.82) is 0 Å². The summed E-state index contributed by atoms with van der Waals surface area (Å²) in [7, 11) is 0. The quantitative estimate of drug-likeness (QED) is 0.644. The minimum absolute atomic E-state index is 0.822. The van der Waals surface area contributed by atoms with Gasteiger partial charge in [0.05, 0.1) is 11.0 Å². The lowest BCUT2D eigenvalue weighted by Gasteiger charge is -2.09. The number of nitrogens with zero attached hydrogens (tertiary/aromatic N) is 2. The molecule has 0 saturated carbocycles. The Morgan fingerprint density at radius 1 is 1.05 bits per heavy atom. The molecule has 0 spiro atoms. The van der Waals surface area contributed by atoms with Crippen molar-refractivity contribution in [2.75, 3.05) is 0 Å². The molecule has 2 heteroatoms. The minimum Gasteiger partial charge on any atom is -0.324 e. The maximum Gasteiger partial charge on any atom is 0.114 e. The molecular formula is C18H18N2. The van der Waals surface area contributed by atoms with Gasteiger partial charge in [-0.25, -0.2) is 4.98 Å². The first kappa shape index (κ1) is 12.7. The summed E-state index contributed by atoms with van der Waals surface area (Å²) in [4.78, 5) is 4.78. The van der Waals surface area contributed by atoms with Gasteiger partial charge in [-0.3, -0.25) is 0 Å². The zero-order valence-electron chi connectivity index (χ0n) is 11.7. The molecule has 0 aliphatic rings. The van der Waals surface area contributed by atoms with E-state index < -0.39 is 0 Å². The Balaban J connectivity index is 2.07. The molecule has 0 aliphatic carbocycles. The zero-order valence-corrected chi connectivity index (χ0v) is 11.7. The molecular weight excluding hydrogens is 244 g/mol. The Morgan fingerprint density at radius 2 is 1.75 bits per heavy atom. The van der Waals surface area contributed by atoms with Crippen LogP contribution in [0.15, 0.2) is 66.7 Å². The van der Waals surface area contributed by atoms with Gasteiger partial charge in [-0.15, -0.1) is 0 Å². The zero-order chi connectivity index (χ0) is 13.9. The Bertz CT molecular complexity index is 738. The molecule has 0 fully saturated rings. The molecule has 0 N–H and O–H groups in total. The second kappa shape index (κ2) is 5.33. The van der Waals surface area contributed by atoms with Crippen LogP contribution in [0, 0.1) is 0 Å². The number of hydrogen-bond donors (Lipinski definition) is 0. The second-order valence-electron chi connectivity index (χ2n) is 5.22. The highest BCUT2D eigenvalue weighted by molar-refractivity contribution is 5.76. The van der Waals surface area contributed by atoms with E-state index in [1.165, 1.54) is 11.1 Å². The number of benzene rings is 2. The van der Waals surface area contributed by atoms with Gasteiger partial charge in [0.15, 0.2) is 0 Å². The van der Waals surface area contributed by atoms with Crippen molar-refractivity contribution in [3.8, 4) is 0 Å². The Labute approximate surface area is 119 Å². The molecule has 2 aromatic carbocycles. The lowest BCUT2D eigenvalue weighted by molar-refractivity contribution is 0.753. The topological polar surface area (TPSA) is 17.8 Å². The Hall–Kier alpha value is -2.35. The van der Waals surface area contributed by atoms with E-state index in [1.54, 1.807) is 0 Å². The predicted octanol–water partition coefficient (Wildman–Crippen LogP) is 4.20. The van der Waals surface area contributed by atoms with Crippen molar-refractivity contribution < 1.29 is 0 Å². The van der Waals surface area contributed by atoms with Crippen molar-refractivity contribution in [2.45, 2.75) is 19.9 Å². The summed E-state index contributed by atoms with van der Waals surface area (Å²) < 4.78 is 2.27. The molecule has 2 nitrogen and oxygen atoms in total. The van der Waals surface area contributed by atoms with Gasteiger partial charge in [0, 0.05) is 13.0 Å². The van der Waals surface area contributed by atoms with Crippen molar-refractivity contribution in [3.63, 3.8) is 0 Å². The van der Waals surface area contributed by atoms with Crippen LogP contribution in [0.3, 0.4) is 0 Å². The summed E-state index contributed by atoms with van der Waals surface area (Å²) in [5, 5.41) is 0. The fraction of sp³-hybridized carbons (Fsp3) is 0.167. The fourth-order valence-corrected chi connectivity index (χ4v) is 2.49. The molecule has 0 aliphatic heterocycles. The van der Waals surface area contributed by atoms with E-state index in [1.807, 2.05) is 12.1 Å². The van der Waals surface area contributed by atoms with Crippen molar-refractivity contribution in [3.05, 3.63) is 78.1 Å². The molecule has 20 heavy (non-hydrogen) atoms. The van der Waals surface area contributed by atoms with Gasteiger partial charge >= 0.3 is 0 Å². The number of rotatable bonds is 4.